The maximum absolute atomic E-state index is 12.0. The van der Waals surface area contributed by atoms with Crippen LogP contribution in [0.2, 0.25) is 0 Å². The van der Waals surface area contributed by atoms with Crippen LogP contribution in [0.3, 0.4) is 0 Å². The van der Waals surface area contributed by atoms with Crippen LogP contribution in [0.15, 0.2) is 11.4 Å². The Labute approximate surface area is 133 Å². The van der Waals surface area contributed by atoms with E-state index in [0.29, 0.717) is 4.58 Å². The van der Waals surface area contributed by atoms with Crippen molar-refractivity contribution in [2.45, 2.75) is 55.1 Å². The van der Waals surface area contributed by atoms with E-state index in [1.165, 1.54) is 66.9 Å². The Morgan fingerprint density at radius 2 is 1.80 bits per heavy atom. The van der Waals surface area contributed by atoms with Crippen LogP contribution in [0.1, 0.15) is 49.0 Å². The fraction of sp³-hybridized carbons (Fsp3) is 0.750. The highest BCUT2D eigenvalue weighted by atomic mass is 32.2. The molecule has 3 aliphatic rings. The molecule has 1 aromatic rings. The molecule has 1 aliphatic heterocycles. The van der Waals surface area contributed by atoms with E-state index < -0.39 is 5.60 Å². The number of rotatable bonds is 1. The van der Waals surface area contributed by atoms with E-state index >= 15 is 0 Å². The summed E-state index contributed by atoms with van der Waals surface area (Å²) in [5.41, 5.74) is 0.887. The Hall–Kier alpha value is 0.360. The molecule has 0 aromatic carbocycles. The molecule has 20 heavy (non-hydrogen) atoms. The van der Waals surface area contributed by atoms with Gasteiger partial charge in [0.2, 0.25) is 0 Å². The summed E-state index contributed by atoms with van der Waals surface area (Å²) in [6, 6.07) is 2.23. The Balaban J connectivity index is 1.82. The van der Waals surface area contributed by atoms with Gasteiger partial charge in [0.25, 0.3) is 0 Å². The molecule has 4 heteroatoms. The first kappa shape index (κ1) is 14.0. The molecule has 0 radical (unpaired) electrons. The monoisotopic (exact) mass is 326 g/mol. The van der Waals surface area contributed by atoms with Crippen molar-refractivity contribution in [1.29, 1.82) is 0 Å². The molecule has 1 aromatic heterocycles. The van der Waals surface area contributed by atoms with Crippen molar-refractivity contribution < 1.29 is 5.11 Å². The molecule has 1 unspecified atom stereocenters. The van der Waals surface area contributed by atoms with Gasteiger partial charge in [0, 0.05) is 10.3 Å². The fourth-order valence-electron chi connectivity index (χ4n) is 4.49. The Bertz CT molecular complexity index is 486. The lowest BCUT2D eigenvalue weighted by molar-refractivity contribution is -0.0883. The highest BCUT2D eigenvalue weighted by molar-refractivity contribution is 8.17. The minimum atomic E-state index is -0.577. The van der Waals surface area contributed by atoms with E-state index in [0.717, 1.165) is 0 Å². The van der Waals surface area contributed by atoms with Gasteiger partial charge in [0.15, 0.2) is 0 Å². The van der Waals surface area contributed by atoms with Crippen molar-refractivity contribution >= 4 is 34.9 Å². The Kier molecular flexibility index (Phi) is 3.65. The summed E-state index contributed by atoms with van der Waals surface area (Å²) in [6.07, 6.45) is 8.78. The minimum Gasteiger partial charge on any atom is -0.382 e. The molecule has 0 amide bonds. The first-order chi connectivity index (χ1) is 9.76. The normalized spacial score (nSPS) is 33.5. The average Bonchev–Trinajstić information content (AvgIpc) is 3.15. The molecule has 2 fully saturated rings. The van der Waals surface area contributed by atoms with Crippen molar-refractivity contribution in [3.05, 3.63) is 21.9 Å². The third-order valence-corrected chi connectivity index (χ3v) is 9.66. The van der Waals surface area contributed by atoms with Gasteiger partial charge in [0.05, 0.1) is 4.58 Å². The van der Waals surface area contributed by atoms with Crippen LogP contribution in [0.4, 0.5) is 0 Å². The van der Waals surface area contributed by atoms with Gasteiger partial charge < -0.3 is 5.11 Å². The molecular formula is C16H22OS3. The first-order valence-electron chi connectivity index (χ1n) is 7.79. The van der Waals surface area contributed by atoms with Crippen molar-refractivity contribution in [2.24, 2.45) is 5.41 Å². The summed E-state index contributed by atoms with van der Waals surface area (Å²) in [6.45, 7) is 0. The molecular weight excluding hydrogens is 304 g/mol. The van der Waals surface area contributed by atoms with Crippen LogP contribution < -0.4 is 0 Å². The minimum absolute atomic E-state index is 0.170. The van der Waals surface area contributed by atoms with Gasteiger partial charge in [-0.15, -0.1) is 34.9 Å². The van der Waals surface area contributed by atoms with Gasteiger partial charge in [-0.1, -0.05) is 12.8 Å². The Morgan fingerprint density at radius 3 is 2.55 bits per heavy atom. The SMILES string of the molecule is OC1(C2SCCCS2)c2ccsc2CCC12CCCC2. The molecule has 1 nitrogen and oxygen atoms in total. The average molecular weight is 327 g/mol. The van der Waals surface area contributed by atoms with E-state index in [-0.39, 0.29) is 5.41 Å². The third kappa shape index (κ3) is 1.87. The first-order valence-corrected chi connectivity index (χ1v) is 10.8. The fourth-order valence-corrected chi connectivity index (χ4v) is 8.86. The van der Waals surface area contributed by atoms with Crippen LogP contribution in [-0.2, 0) is 12.0 Å². The molecule has 1 N–H and O–H groups in total. The van der Waals surface area contributed by atoms with Crippen molar-refractivity contribution in [3.63, 3.8) is 0 Å². The van der Waals surface area contributed by atoms with E-state index in [1.54, 1.807) is 0 Å². The summed E-state index contributed by atoms with van der Waals surface area (Å²) >= 11 is 5.88. The molecule has 2 aliphatic carbocycles. The number of fused-ring (bicyclic) bond motifs is 1. The second kappa shape index (κ2) is 5.22. The third-order valence-electron chi connectivity index (χ3n) is 5.52. The zero-order chi connectivity index (χ0) is 13.6. The molecule has 110 valence electrons. The lowest BCUT2D eigenvalue weighted by Crippen LogP contribution is -2.53. The van der Waals surface area contributed by atoms with Crippen LogP contribution in [0.5, 0.6) is 0 Å². The molecule has 1 saturated carbocycles. The standard InChI is InChI=1S/C16H22OS3/c17-16(14-19-9-3-10-20-14)12-5-11-18-13(12)4-8-15(16)6-1-2-7-15/h5,11,14,17H,1-4,6-10H2. The lowest BCUT2D eigenvalue weighted by atomic mass is 9.62. The number of thiophene rings is 1. The summed E-state index contributed by atoms with van der Waals surface area (Å²) < 4.78 is 0.350. The van der Waals surface area contributed by atoms with Crippen LogP contribution >= 0.6 is 34.9 Å². The second-order valence-electron chi connectivity index (χ2n) is 6.44. The molecule has 2 heterocycles. The molecule has 1 saturated heterocycles. The van der Waals surface area contributed by atoms with Gasteiger partial charge in [-0.05, 0) is 60.6 Å². The second-order valence-corrected chi connectivity index (χ2v) is 10.2. The summed E-state index contributed by atoms with van der Waals surface area (Å²) in [4.78, 5) is 1.46. The highest BCUT2D eigenvalue weighted by Crippen LogP contribution is 2.63. The molecule has 1 spiro atoms. The van der Waals surface area contributed by atoms with Crippen molar-refractivity contribution in [3.8, 4) is 0 Å². The maximum Gasteiger partial charge on any atom is 0.117 e. The number of hydrogen-bond donors (Lipinski definition) is 1. The number of aliphatic hydroxyl groups is 1. The maximum atomic E-state index is 12.0. The van der Waals surface area contributed by atoms with E-state index in [9.17, 15) is 5.11 Å². The quantitative estimate of drug-likeness (QED) is 0.812. The van der Waals surface area contributed by atoms with Gasteiger partial charge in [-0.25, -0.2) is 0 Å². The molecule has 4 rings (SSSR count). The van der Waals surface area contributed by atoms with Crippen molar-refractivity contribution in [2.75, 3.05) is 11.5 Å². The number of hydrogen-bond acceptors (Lipinski definition) is 4. The Morgan fingerprint density at radius 1 is 1.05 bits per heavy atom. The highest BCUT2D eigenvalue weighted by Gasteiger charge is 2.59. The van der Waals surface area contributed by atoms with Gasteiger partial charge in [0.1, 0.15) is 5.60 Å². The van der Waals surface area contributed by atoms with Gasteiger partial charge >= 0.3 is 0 Å². The predicted octanol–water partition coefficient (Wildman–Crippen LogP) is 4.64. The molecule has 1 atom stereocenters. The van der Waals surface area contributed by atoms with Crippen molar-refractivity contribution in [1.82, 2.24) is 0 Å². The summed E-state index contributed by atoms with van der Waals surface area (Å²) in [5.74, 6) is 2.44. The number of thioether (sulfide) groups is 2. The van der Waals surface area contributed by atoms with Crippen LogP contribution in [0, 0.1) is 5.41 Å². The zero-order valence-electron chi connectivity index (χ0n) is 11.8. The number of aryl methyl sites for hydroxylation is 1. The lowest BCUT2D eigenvalue weighted by Gasteiger charge is -2.53. The summed E-state index contributed by atoms with van der Waals surface area (Å²) in [5, 5.41) is 14.1. The van der Waals surface area contributed by atoms with Crippen LogP contribution in [-0.4, -0.2) is 21.2 Å². The van der Waals surface area contributed by atoms with E-state index in [2.05, 4.69) is 11.4 Å². The van der Waals surface area contributed by atoms with Crippen LogP contribution in [0.25, 0.3) is 0 Å². The predicted molar refractivity (Wildman–Crippen MR) is 90.8 cm³/mol. The molecule has 0 bridgehead atoms. The van der Waals surface area contributed by atoms with Gasteiger partial charge in [-0.2, -0.15) is 0 Å². The summed E-state index contributed by atoms with van der Waals surface area (Å²) in [7, 11) is 0. The topological polar surface area (TPSA) is 20.2 Å². The zero-order valence-corrected chi connectivity index (χ0v) is 14.2. The van der Waals surface area contributed by atoms with E-state index in [4.69, 9.17) is 0 Å². The van der Waals surface area contributed by atoms with E-state index in [1.807, 2.05) is 34.9 Å². The van der Waals surface area contributed by atoms with Gasteiger partial charge in [-0.3, -0.25) is 0 Å². The smallest absolute Gasteiger partial charge is 0.117 e. The largest absolute Gasteiger partial charge is 0.382 e.